The molecule has 188 valence electrons. The van der Waals surface area contributed by atoms with Gasteiger partial charge in [-0.2, -0.15) is 20.6 Å². The molecule has 0 heterocycles. The molecule has 0 atom stereocenters. The summed E-state index contributed by atoms with van der Waals surface area (Å²) in [7, 11) is 0. The van der Waals surface area contributed by atoms with Crippen molar-refractivity contribution in [2.75, 3.05) is 0 Å². The molecule has 0 saturated carbocycles. The number of hydrogen-bond donors (Lipinski definition) is 1. The van der Waals surface area contributed by atoms with E-state index < -0.39 is 0 Å². The molecule has 0 bridgehead atoms. The molecule has 7 heteroatoms. The molecular formula is C32H24N6O. The lowest BCUT2D eigenvalue weighted by molar-refractivity contribution is 0.474. The fourth-order valence-corrected chi connectivity index (χ4v) is 4.03. The van der Waals surface area contributed by atoms with Crippen LogP contribution in [0, 0.1) is 25.2 Å². The fraction of sp³-hybridized carbons (Fsp3) is 0.0625. The van der Waals surface area contributed by atoms with E-state index in [2.05, 4.69) is 31.5 Å². The van der Waals surface area contributed by atoms with Gasteiger partial charge in [0.25, 0.3) is 0 Å². The number of phenolic OH excluding ortho intramolecular Hbond substituents is 1. The van der Waals surface area contributed by atoms with Crippen LogP contribution in [0.15, 0.2) is 123 Å². The van der Waals surface area contributed by atoms with Crippen LogP contribution in [0.4, 0.5) is 28.4 Å². The normalized spacial score (nSPS) is 11.6. The van der Waals surface area contributed by atoms with E-state index in [1.165, 1.54) is 0 Å². The van der Waals surface area contributed by atoms with Crippen LogP contribution in [-0.4, -0.2) is 11.3 Å². The molecule has 5 rings (SSSR count). The van der Waals surface area contributed by atoms with Crippen molar-refractivity contribution in [3.8, 4) is 11.8 Å². The van der Waals surface area contributed by atoms with Gasteiger partial charge in [0.2, 0.25) is 0 Å². The molecule has 39 heavy (non-hydrogen) atoms. The van der Waals surface area contributed by atoms with Crippen molar-refractivity contribution in [3.63, 3.8) is 0 Å². The highest BCUT2D eigenvalue weighted by molar-refractivity contribution is 6.01. The zero-order valence-electron chi connectivity index (χ0n) is 21.4. The number of hydrogen-bond acceptors (Lipinski definition) is 7. The first-order valence-electron chi connectivity index (χ1n) is 12.3. The standard InChI is InChI=1S/C32H24N6O/c1-21-18-31(22(2)17-30(21)37-35-25-13-11-23(19-33)12-14-25)38-36-29-16-15-28(26-8-4-5-9-27(26)29)34-20-24-7-3-6-10-32(24)39/h3-18,20,39H,1-2H3. The zero-order chi connectivity index (χ0) is 27.2. The predicted octanol–water partition coefficient (Wildman–Crippen LogP) is 9.62. The number of nitrogens with zero attached hydrogens (tertiary/aromatic N) is 6. The summed E-state index contributed by atoms with van der Waals surface area (Å²) in [6, 6.07) is 31.7. The first kappa shape index (κ1) is 25.2. The first-order valence-corrected chi connectivity index (χ1v) is 12.3. The number of phenols is 1. The number of benzene rings is 5. The fourth-order valence-electron chi connectivity index (χ4n) is 4.03. The molecule has 0 fully saturated rings. The molecule has 0 aliphatic carbocycles. The lowest BCUT2D eigenvalue weighted by atomic mass is 10.1. The summed E-state index contributed by atoms with van der Waals surface area (Å²) in [5.74, 6) is 0.184. The number of fused-ring (bicyclic) bond motifs is 1. The van der Waals surface area contributed by atoms with Gasteiger partial charge in [-0.25, -0.2) is 0 Å². The summed E-state index contributed by atoms with van der Waals surface area (Å²) in [5.41, 5.74) is 6.75. The van der Waals surface area contributed by atoms with E-state index in [1.807, 2.05) is 74.5 Å². The maximum atomic E-state index is 10.0. The Morgan fingerprint density at radius 2 is 1.21 bits per heavy atom. The van der Waals surface area contributed by atoms with E-state index in [-0.39, 0.29) is 5.75 Å². The van der Waals surface area contributed by atoms with E-state index in [9.17, 15) is 5.11 Å². The smallest absolute Gasteiger partial charge is 0.124 e. The second kappa shape index (κ2) is 11.3. The number of rotatable bonds is 6. The van der Waals surface area contributed by atoms with Gasteiger partial charge in [-0.05, 0) is 85.6 Å². The Morgan fingerprint density at radius 1 is 0.641 bits per heavy atom. The number of aryl methyl sites for hydroxylation is 2. The maximum absolute atomic E-state index is 10.0. The van der Waals surface area contributed by atoms with Crippen LogP contribution in [0.1, 0.15) is 22.3 Å². The third-order valence-electron chi connectivity index (χ3n) is 6.21. The van der Waals surface area contributed by atoms with Gasteiger partial charge in [-0.1, -0.05) is 36.4 Å². The number of aliphatic imine (C=N–C) groups is 1. The van der Waals surface area contributed by atoms with Crippen molar-refractivity contribution in [2.24, 2.45) is 25.4 Å². The Bertz CT molecular complexity index is 1800. The van der Waals surface area contributed by atoms with E-state index in [0.717, 1.165) is 44.6 Å². The van der Waals surface area contributed by atoms with Crippen molar-refractivity contribution in [1.29, 1.82) is 5.26 Å². The van der Waals surface area contributed by atoms with E-state index in [4.69, 9.17) is 5.26 Å². The van der Waals surface area contributed by atoms with Crippen LogP contribution in [0.5, 0.6) is 5.75 Å². The van der Waals surface area contributed by atoms with Crippen molar-refractivity contribution < 1.29 is 5.11 Å². The average molecular weight is 509 g/mol. The summed E-state index contributed by atoms with van der Waals surface area (Å²) in [4.78, 5) is 4.62. The van der Waals surface area contributed by atoms with Gasteiger partial charge >= 0.3 is 0 Å². The number of para-hydroxylation sites is 1. The van der Waals surface area contributed by atoms with Crippen molar-refractivity contribution in [1.82, 2.24) is 0 Å². The second-order valence-corrected chi connectivity index (χ2v) is 8.95. The topological polar surface area (TPSA) is 106 Å². The van der Waals surface area contributed by atoms with Gasteiger partial charge in [0.1, 0.15) is 5.75 Å². The lowest BCUT2D eigenvalue weighted by Gasteiger charge is -2.07. The second-order valence-electron chi connectivity index (χ2n) is 8.95. The van der Waals surface area contributed by atoms with Crippen LogP contribution in [0.2, 0.25) is 0 Å². The molecule has 0 spiro atoms. The molecule has 0 saturated heterocycles. The van der Waals surface area contributed by atoms with Crippen LogP contribution >= 0.6 is 0 Å². The minimum Gasteiger partial charge on any atom is -0.507 e. The van der Waals surface area contributed by atoms with Gasteiger partial charge in [-0.3, -0.25) is 4.99 Å². The highest BCUT2D eigenvalue weighted by atomic mass is 16.3. The van der Waals surface area contributed by atoms with Gasteiger partial charge in [-0.15, -0.1) is 5.11 Å². The van der Waals surface area contributed by atoms with Gasteiger partial charge in [0.05, 0.1) is 40.1 Å². The van der Waals surface area contributed by atoms with Crippen molar-refractivity contribution in [3.05, 3.63) is 119 Å². The van der Waals surface area contributed by atoms with Crippen molar-refractivity contribution >= 4 is 45.4 Å². The average Bonchev–Trinajstić information content (AvgIpc) is 2.97. The van der Waals surface area contributed by atoms with E-state index in [0.29, 0.717) is 16.8 Å². The monoisotopic (exact) mass is 508 g/mol. The Morgan fingerprint density at radius 3 is 1.87 bits per heavy atom. The predicted molar refractivity (Wildman–Crippen MR) is 155 cm³/mol. The Labute approximate surface area is 226 Å². The van der Waals surface area contributed by atoms with Crippen LogP contribution in [0.3, 0.4) is 0 Å². The van der Waals surface area contributed by atoms with Gasteiger partial charge in [0.15, 0.2) is 0 Å². The van der Waals surface area contributed by atoms with Gasteiger partial charge in [0, 0.05) is 22.6 Å². The maximum Gasteiger partial charge on any atom is 0.124 e. The third-order valence-corrected chi connectivity index (χ3v) is 6.21. The molecule has 0 aromatic heterocycles. The molecule has 0 unspecified atom stereocenters. The molecule has 0 aliphatic rings. The molecule has 0 radical (unpaired) electrons. The number of nitriles is 1. The number of azo groups is 2. The Kier molecular flexibility index (Phi) is 7.28. The van der Waals surface area contributed by atoms with Crippen molar-refractivity contribution in [2.45, 2.75) is 13.8 Å². The molecule has 1 N–H and O–H groups in total. The highest BCUT2D eigenvalue weighted by Crippen LogP contribution is 2.36. The molecule has 0 aliphatic heterocycles. The summed E-state index contributed by atoms with van der Waals surface area (Å²) in [6.45, 7) is 3.92. The quantitative estimate of drug-likeness (QED) is 0.182. The minimum atomic E-state index is 0.184. The molecule has 5 aromatic carbocycles. The summed E-state index contributed by atoms with van der Waals surface area (Å²) in [6.07, 6.45) is 1.66. The number of aromatic hydroxyl groups is 1. The van der Waals surface area contributed by atoms with E-state index >= 15 is 0 Å². The molecule has 7 nitrogen and oxygen atoms in total. The van der Waals surface area contributed by atoms with E-state index in [1.54, 1.807) is 42.6 Å². The summed E-state index contributed by atoms with van der Waals surface area (Å²) >= 11 is 0. The largest absolute Gasteiger partial charge is 0.507 e. The first-order chi connectivity index (χ1) is 19.0. The lowest BCUT2D eigenvalue weighted by Crippen LogP contribution is -1.82. The van der Waals surface area contributed by atoms with Gasteiger partial charge < -0.3 is 5.11 Å². The summed E-state index contributed by atoms with van der Waals surface area (Å²) in [5, 5.41) is 38.7. The molecule has 0 amide bonds. The zero-order valence-corrected chi connectivity index (χ0v) is 21.4. The minimum absolute atomic E-state index is 0.184. The summed E-state index contributed by atoms with van der Waals surface area (Å²) < 4.78 is 0. The van der Waals surface area contributed by atoms with Crippen LogP contribution < -0.4 is 0 Å². The third kappa shape index (κ3) is 5.76. The SMILES string of the molecule is Cc1cc(N=Nc2ccc(N=Cc3ccccc3O)c3ccccc23)c(C)cc1N=Nc1ccc(C#N)cc1. The molecular weight excluding hydrogens is 484 g/mol. The van der Waals surface area contributed by atoms with Crippen LogP contribution in [-0.2, 0) is 0 Å². The van der Waals surface area contributed by atoms with Crippen LogP contribution in [0.25, 0.3) is 10.8 Å². The molecule has 5 aromatic rings. The Balaban J connectivity index is 1.41. The highest BCUT2D eigenvalue weighted by Gasteiger charge is 2.07. The Hall–Kier alpha value is -5.48.